The van der Waals surface area contributed by atoms with Gasteiger partial charge in [-0.05, 0) is 23.3 Å². The van der Waals surface area contributed by atoms with Gasteiger partial charge in [0.05, 0.1) is 4.92 Å². The number of non-ortho nitro benzene ring substituents is 1. The molecule has 2 amide bonds. The van der Waals surface area contributed by atoms with Gasteiger partial charge < -0.3 is 10.2 Å². The van der Waals surface area contributed by atoms with Crippen LogP contribution in [-0.4, -0.2) is 27.7 Å². The van der Waals surface area contributed by atoms with E-state index in [0.717, 1.165) is 11.1 Å². The van der Waals surface area contributed by atoms with Crippen molar-refractivity contribution in [3.63, 3.8) is 0 Å². The smallest absolute Gasteiger partial charge is 0.271 e. The predicted molar refractivity (Wildman–Crippen MR) is 112 cm³/mol. The molecule has 1 aliphatic rings. The first-order valence-corrected chi connectivity index (χ1v) is 9.51. The van der Waals surface area contributed by atoms with Gasteiger partial charge in [0.2, 0.25) is 5.91 Å². The van der Waals surface area contributed by atoms with Crippen molar-refractivity contribution < 1.29 is 14.5 Å². The Bertz CT molecular complexity index is 1110. The molecule has 0 radical (unpaired) electrons. The normalized spacial score (nSPS) is 13.6. The molecule has 1 heterocycles. The molecule has 7 heteroatoms. The number of hydrogen-bond donors (Lipinski definition) is 1. The summed E-state index contributed by atoms with van der Waals surface area (Å²) in [6.07, 6.45) is 0.335. The molecular formula is C23H19N3O4. The van der Waals surface area contributed by atoms with E-state index in [-0.39, 0.29) is 17.5 Å². The fourth-order valence-electron chi connectivity index (χ4n) is 3.63. The predicted octanol–water partition coefficient (Wildman–Crippen LogP) is 3.80. The van der Waals surface area contributed by atoms with E-state index in [1.165, 1.54) is 18.2 Å². The fraction of sp³-hybridized carbons (Fsp3) is 0.130. The van der Waals surface area contributed by atoms with Crippen LogP contribution in [0.3, 0.4) is 0 Å². The molecule has 4 rings (SSSR count). The van der Waals surface area contributed by atoms with Gasteiger partial charge in [-0.3, -0.25) is 19.7 Å². The maximum Gasteiger partial charge on any atom is 0.271 e. The lowest BCUT2D eigenvalue weighted by Crippen LogP contribution is -2.45. The number of nitrogens with zero attached hydrogens (tertiary/aromatic N) is 2. The molecule has 0 saturated heterocycles. The third-order valence-electron chi connectivity index (χ3n) is 5.12. The molecule has 0 bridgehead atoms. The Morgan fingerprint density at radius 1 is 1.03 bits per heavy atom. The number of amides is 2. The van der Waals surface area contributed by atoms with Crippen molar-refractivity contribution in [1.82, 2.24) is 4.90 Å². The van der Waals surface area contributed by atoms with Crippen LogP contribution in [-0.2, 0) is 17.8 Å². The molecule has 1 aliphatic heterocycles. The van der Waals surface area contributed by atoms with Gasteiger partial charge in [0, 0.05) is 36.3 Å². The standard InChI is InChI=1S/C23H19N3O4/c27-22(24-18-10-6-11-19(14-18)26(29)30)21(13-16-7-2-1-3-8-16)25-15-17-9-4-5-12-20(17)23(25)28/h1-12,14,21H,13,15H2,(H,24,27)/t21-/m0/s1. The van der Waals surface area contributed by atoms with Crippen LogP contribution in [0.5, 0.6) is 0 Å². The highest BCUT2D eigenvalue weighted by Gasteiger charge is 2.36. The molecule has 1 atom stereocenters. The van der Waals surface area contributed by atoms with Crippen LogP contribution in [0.25, 0.3) is 0 Å². The zero-order valence-corrected chi connectivity index (χ0v) is 16.0. The van der Waals surface area contributed by atoms with Crippen LogP contribution in [0.2, 0.25) is 0 Å². The first-order valence-electron chi connectivity index (χ1n) is 9.51. The molecule has 0 unspecified atom stereocenters. The summed E-state index contributed by atoms with van der Waals surface area (Å²) >= 11 is 0. The van der Waals surface area contributed by atoms with Gasteiger partial charge >= 0.3 is 0 Å². The Labute approximate surface area is 173 Å². The van der Waals surface area contributed by atoms with E-state index in [1.54, 1.807) is 23.1 Å². The van der Waals surface area contributed by atoms with Gasteiger partial charge in [-0.25, -0.2) is 0 Å². The summed E-state index contributed by atoms with van der Waals surface area (Å²) in [6, 6.07) is 21.8. The molecular weight excluding hydrogens is 382 g/mol. The highest BCUT2D eigenvalue weighted by Crippen LogP contribution is 2.27. The molecule has 30 heavy (non-hydrogen) atoms. The highest BCUT2D eigenvalue weighted by molar-refractivity contribution is 6.03. The summed E-state index contributed by atoms with van der Waals surface area (Å²) in [5.41, 5.74) is 2.59. The second-order valence-corrected chi connectivity index (χ2v) is 7.09. The molecule has 0 spiro atoms. The number of hydrogen-bond acceptors (Lipinski definition) is 4. The van der Waals surface area contributed by atoms with Crippen molar-refractivity contribution in [2.75, 3.05) is 5.32 Å². The lowest BCUT2D eigenvalue weighted by molar-refractivity contribution is -0.384. The minimum absolute atomic E-state index is 0.114. The summed E-state index contributed by atoms with van der Waals surface area (Å²) in [4.78, 5) is 38.3. The SMILES string of the molecule is O=C(Nc1cccc([N+](=O)[O-])c1)[C@H](Cc1ccccc1)N1Cc2ccccc2C1=O. The minimum atomic E-state index is -0.758. The minimum Gasteiger partial charge on any atom is -0.324 e. The van der Waals surface area contributed by atoms with Crippen molar-refractivity contribution >= 4 is 23.2 Å². The van der Waals surface area contributed by atoms with Crippen LogP contribution in [0.1, 0.15) is 21.5 Å². The zero-order valence-electron chi connectivity index (χ0n) is 16.0. The molecule has 3 aromatic carbocycles. The molecule has 0 aliphatic carbocycles. The number of nitro benzene ring substituents is 1. The Hall–Kier alpha value is -4.00. The largest absolute Gasteiger partial charge is 0.324 e. The summed E-state index contributed by atoms with van der Waals surface area (Å²) < 4.78 is 0. The Morgan fingerprint density at radius 3 is 2.50 bits per heavy atom. The number of carbonyl (C=O) groups is 2. The maximum absolute atomic E-state index is 13.2. The monoisotopic (exact) mass is 401 g/mol. The van der Waals surface area contributed by atoms with E-state index >= 15 is 0 Å². The van der Waals surface area contributed by atoms with E-state index < -0.39 is 11.0 Å². The zero-order chi connectivity index (χ0) is 21.1. The molecule has 0 saturated carbocycles. The van der Waals surface area contributed by atoms with E-state index in [4.69, 9.17) is 0 Å². The molecule has 0 aromatic heterocycles. The number of nitro groups is 1. The first-order chi connectivity index (χ1) is 14.5. The Morgan fingerprint density at radius 2 is 1.77 bits per heavy atom. The van der Waals surface area contributed by atoms with Crippen molar-refractivity contribution in [2.45, 2.75) is 19.0 Å². The Kier molecular flexibility index (Phi) is 5.26. The highest BCUT2D eigenvalue weighted by atomic mass is 16.6. The second-order valence-electron chi connectivity index (χ2n) is 7.09. The van der Waals surface area contributed by atoms with Crippen molar-refractivity contribution in [2.24, 2.45) is 0 Å². The number of rotatable bonds is 6. The summed E-state index contributed by atoms with van der Waals surface area (Å²) in [5, 5.41) is 13.8. The van der Waals surface area contributed by atoms with Gasteiger partial charge in [-0.15, -0.1) is 0 Å². The number of benzene rings is 3. The molecule has 3 aromatic rings. The average Bonchev–Trinajstić information content (AvgIpc) is 3.09. The lowest BCUT2D eigenvalue weighted by Gasteiger charge is -2.27. The molecule has 7 nitrogen and oxygen atoms in total. The van der Waals surface area contributed by atoms with Crippen LogP contribution >= 0.6 is 0 Å². The molecule has 150 valence electrons. The van der Waals surface area contributed by atoms with Gasteiger partial charge in [0.15, 0.2) is 0 Å². The van der Waals surface area contributed by atoms with Crippen molar-refractivity contribution in [3.05, 3.63) is 106 Å². The third kappa shape index (κ3) is 3.91. The van der Waals surface area contributed by atoms with Crippen molar-refractivity contribution in [1.29, 1.82) is 0 Å². The van der Waals surface area contributed by atoms with E-state index in [1.807, 2.05) is 42.5 Å². The molecule has 0 fully saturated rings. The third-order valence-corrected chi connectivity index (χ3v) is 5.12. The van der Waals surface area contributed by atoms with Crippen LogP contribution in [0, 0.1) is 10.1 Å². The number of carbonyl (C=O) groups excluding carboxylic acids is 2. The summed E-state index contributed by atoms with van der Waals surface area (Å²) in [7, 11) is 0. The van der Waals surface area contributed by atoms with E-state index in [2.05, 4.69) is 5.32 Å². The number of fused-ring (bicyclic) bond motifs is 1. The summed E-state index contributed by atoms with van der Waals surface area (Å²) in [6.45, 7) is 0.342. The second kappa shape index (κ2) is 8.16. The van der Waals surface area contributed by atoms with Crippen LogP contribution in [0.4, 0.5) is 11.4 Å². The Balaban J connectivity index is 1.62. The van der Waals surface area contributed by atoms with Gasteiger partial charge in [-0.2, -0.15) is 0 Å². The topological polar surface area (TPSA) is 92.5 Å². The van der Waals surface area contributed by atoms with Gasteiger partial charge in [0.1, 0.15) is 6.04 Å². The van der Waals surface area contributed by atoms with Gasteiger partial charge in [0.25, 0.3) is 11.6 Å². The number of nitrogens with one attached hydrogen (secondary N) is 1. The van der Waals surface area contributed by atoms with Crippen molar-refractivity contribution in [3.8, 4) is 0 Å². The molecule has 1 N–H and O–H groups in total. The average molecular weight is 401 g/mol. The quantitative estimate of drug-likeness (QED) is 0.502. The number of anilines is 1. The van der Waals surface area contributed by atoms with Crippen LogP contribution in [0.15, 0.2) is 78.9 Å². The van der Waals surface area contributed by atoms with E-state index in [9.17, 15) is 19.7 Å². The summed E-state index contributed by atoms with van der Waals surface area (Å²) in [5.74, 6) is -0.582. The first kappa shape index (κ1) is 19.3. The van der Waals surface area contributed by atoms with Crippen LogP contribution < -0.4 is 5.32 Å². The van der Waals surface area contributed by atoms with Gasteiger partial charge in [-0.1, -0.05) is 54.6 Å². The fourth-order valence-corrected chi connectivity index (χ4v) is 3.63. The maximum atomic E-state index is 13.2. The lowest BCUT2D eigenvalue weighted by atomic mass is 10.0. The van der Waals surface area contributed by atoms with E-state index in [0.29, 0.717) is 24.2 Å².